The molecule has 0 radical (unpaired) electrons. The molecule has 0 unspecified atom stereocenters. The zero-order valence-corrected chi connectivity index (χ0v) is 12.3. The third-order valence-electron chi connectivity index (χ3n) is 2.57. The van der Waals surface area contributed by atoms with Gasteiger partial charge in [0.05, 0.1) is 12.7 Å². The average Bonchev–Trinajstić information content (AvgIpc) is 2.38. The molecule has 5 nitrogen and oxygen atoms in total. The van der Waals surface area contributed by atoms with Gasteiger partial charge in [0.1, 0.15) is 5.75 Å². The van der Waals surface area contributed by atoms with Crippen LogP contribution < -0.4 is 9.50 Å². The van der Waals surface area contributed by atoms with Gasteiger partial charge in [-0.05, 0) is 17.7 Å². The van der Waals surface area contributed by atoms with Gasteiger partial charge in [-0.15, -0.1) is 0 Å². The first kappa shape index (κ1) is 15.1. The molecule has 110 valence electrons. The summed E-state index contributed by atoms with van der Waals surface area (Å²) in [5.74, 6) is -0.0206. The molecule has 0 aliphatic carbocycles. The molecular formula is C15H15NO4S. The zero-order valence-electron chi connectivity index (χ0n) is 11.4. The minimum atomic E-state index is -3.58. The topological polar surface area (TPSA) is 72.5 Å². The molecule has 0 atom stereocenters. The van der Waals surface area contributed by atoms with Crippen LogP contribution in [0.2, 0.25) is 0 Å². The molecule has 0 heterocycles. The molecule has 0 aliphatic rings. The van der Waals surface area contributed by atoms with Gasteiger partial charge in [-0.2, -0.15) is 8.42 Å². The largest absolute Gasteiger partial charge is 0.383 e. The van der Waals surface area contributed by atoms with Crippen LogP contribution >= 0.6 is 0 Å². The van der Waals surface area contributed by atoms with Gasteiger partial charge in [0.15, 0.2) is 0 Å². The molecule has 0 aliphatic heterocycles. The number of hydrogen-bond donors (Lipinski definition) is 1. The maximum absolute atomic E-state index is 11.9. The van der Waals surface area contributed by atoms with Crippen molar-refractivity contribution in [1.29, 1.82) is 0 Å². The van der Waals surface area contributed by atoms with Crippen molar-refractivity contribution in [3.8, 4) is 5.75 Å². The molecule has 21 heavy (non-hydrogen) atoms. The fourth-order valence-electron chi connectivity index (χ4n) is 1.79. The van der Waals surface area contributed by atoms with Crippen molar-refractivity contribution >= 4 is 21.7 Å². The highest BCUT2D eigenvalue weighted by molar-refractivity contribution is 7.86. The molecule has 0 saturated carbocycles. The molecule has 6 heteroatoms. The third-order valence-corrected chi connectivity index (χ3v) is 3.07. The van der Waals surface area contributed by atoms with Crippen LogP contribution in [0.25, 0.3) is 0 Å². The molecule has 0 saturated heterocycles. The van der Waals surface area contributed by atoms with Crippen LogP contribution in [0.4, 0.5) is 5.69 Å². The molecule has 2 aromatic rings. The summed E-state index contributed by atoms with van der Waals surface area (Å²) in [4.78, 5) is 11.9. The number of hydrogen-bond acceptors (Lipinski definition) is 4. The van der Waals surface area contributed by atoms with E-state index in [0.29, 0.717) is 5.69 Å². The summed E-state index contributed by atoms with van der Waals surface area (Å²) in [6.45, 7) is 0. The van der Waals surface area contributed by atoms with Crippen LogP contribution in [0, 0.1) is 0 Å². The molecular weight excluding hydrogens is 290 g/mol. The van der Waals surface area contributed by atoms with E-state index in [0.717, 1.165) is 11.8 Å². The maximum atomic E-state index is 11.9. The number of anilines is 1. The fourth-order valence-corrected chi connectivity index (χ4v) is 2.24. The van der Waals surface area contributed by atoms with Crippen molar-refractivity contribution in [3.05, 3.63) is 60.2 Å². The second-order valence-corrected chi connectivity index (χ2v) is 6.10. The predicted molar refractivity (Wildman–Crippen MR) is 80.7 cm³/mol. The van der Waals surface area contributed by atoms with Gasteiger partial charge in [-0.3, -0.25) is 4.79 Å². The van der Waals surface area contributed by atoms with Gasteiger partial charge >= 0.3 is 10.1 Å². The Balaban J connectivity index is 2.02. The van der Waals surface area contributed by atoms with E-state index in [9.17, 15) is 13.2 Å². The number of amides is 1. The van der Waals surface area contributed by atoms with Crippen molar-refractivity contribution in [2.24, 2.45) is 0 Å². The van der Waals surface area contributed by atoms with E-state index >= 15 is 0 Å². The minimum Gasteiger partial charge on any atom is -0.383 e. The van der Waals surface area contributed by atoms with Crippen molar-refractivity contribution < 1.29 is 17.4 Å². The van der Waals surface area contributed by atoms with Crippen LogP contribution in [0.1, 0.15) is 5.56 Å². The standard InChI is InChI=1S/C15H15NO4S/c1-21(18,19)20-14-9-5-8-13(11-14)16-15(17)10-12-6-3-2-4-7-12/h2-9,11H,10H2,1H3,(H,16,17). The summed E-state index contributed by atoms with van der Waals surface area (Å²) in [7, 11) is -3.58. The molecule has 0 fully saturated rings. The maximum Gasteiger partial charge on any atom is 0.306 e. The van der Waals surface area contributed by atoms with Crippen LogP contribution in [0.3, 0.4) is 0 Å². The molecule has 2 aromatic carbocycles. The van der Waals surface area contributed by atoms with Crippen molar-refractivity contribution in [1.82, 2.24) is 0 Å². The second-order valence-electron chi connectivity index (χ2n) is 4.53. The zero-order chi connectivity index (χ0) is 15.3. The predicted octanol–water partition coefficient (Wildman–Crippen LogP) is 2.21. The Labute approximate surface area is 123 Å². The first-order chi connectivity index (χ1) is 9.92. The Hall–Kier alpha value is -2.34. The monoisotopic (exact) mass is 305 g/mol. The summed E-state index contributed by atoms with van der Waals surface area (Å²) in [6.07, 6.45) is 1.21. The van der Waals surface area contributed by atoms with E-state index < -0.39 is 10.1 Å². The molecule has 1 N–H and O–H groups in total. The van der Waals surface area contributed by atoms with Crippen molar-refractivity contribution in [3.63, 3.8) is 0 Å². The minimum absolute atomic E-state index is 0.162. The first-order valence-corrected chi connectivity index (χ1v) is 8.07. The molecule has 0 bridgehead atoms. The highest BCUT2D eigenvalue weighted by Crippen LogP contribution is 2.18. The van der Waals surface area contributed by atoms with Gasteiger partial charge in [-0.25, -0.2) is 0 Å². The lowest BCUT2D eigenvalue weighted by atomic mass is 10.1. The quantitative estimate of drug-likeness (QED) is 0.860. The van der Waals surface area contributed by atoms with Crippen LogP contribution in [0.5, 0.6) is 5.75 Å². The van der Waals surface area contributed by atoms with E-state index in [4.69, 9.17) is 4.18 Å². The number of carbonyl (C=O) groups is 1. The lowest BCUT2D eigenvalue weighted by molar-refractivity contribution is -0.115. The Morgan fingerprint density at radius 1 is 1.10 bits per heavy atom. The van der Waals surface area contributed by atoms with Crippen molar-refractivity contribution in [2.75, 3.05) is 11.6 Å². The van der Waals surface area contributed by atoms with Gasteiger partial charge in [0.2, 0.25) is 5.91 Å². The highest BCUT2D eigenvalue weighted by Gasteiger charge is 2.07. The van der Waals surface area contributed by atoms with Gasteiger partial charge < -0.3 is 9.50 Å². The summed E-state index contributed by atoms with van der Waals surface area (Å²) >= 11 is 0. The van der Waals surface area contributed by atoms with Gasteiger partial charge in [-0.1, -0.05) is 36.4 Å². The highest BCUT2D eigenvalue weighted by atomic mass is 32.2. The molecule has 0 aromatic heterocycles. The van der Waals surface area contributed by atoms with E-state index in [2.05, 4.69) is 5.32 Å². The van der Waals surface area contributed by atoms with E-state index in [1.165, 1.54) is 12.1 Å². The lowest BCUT2D eigenvalue weighted by Crippen LogP contribution is -2.14. The molecule has 1 amide bonds. The van der Waals surface area contributed by atoms with Gasteiger partial charge in [0, 0.05) is 11.8 Å². The molecule has 0 spiro atoms. The summed E-state index contributed by atoms with van der Waals surface area (Å²) < 4.78 is 26.9. The first-order valence-electron chi connectivity index (χ1n) is 6.26. The second kappa shape index (κ2) is 6.41. The summed E-state index contributed by atoms with van der Waals surface area (Å²) in [6, 6.07) is 15.6. The van der Waals surface area contributed by atoms with Crippen LogP contribution in [-0.4, -0.2) is 20.6 Å². The summed E-state index contributed by atoms with van der Waals surface area (Å²) in [5, 5.41) is 2.70. The Kier molecular flexibility index (Phi) is 4.59. The number of benzene rings is 2. The number of nitrogens with one attached hydrogen (secondary N) is 1. The molecule has 2 rings (SSSR count). The lowest BCUT2D eigenvalue weighted by Gasteiger charge is -2.07. The Morgan fingerprint density at radius 3 is 2.48 bits per heavy atom. The Morgan fingerprint density at radius 2 is 1.81 bits per heavy atom. The SMILES string of the molecule is CS(=O)(=O)Oc1cccc(NC(=O)Cc2ccccc2)c1. The van der Waals surface area contributed by atoms with Crippen LogP contribution in [0.15, 0.2) is 54.6 Å². The fraction of sp³-hybridized carbons (Fsp3) is 0.133. The third kappa shape index (κ3) is 5.27. The van der Waals surface area contributed by atoms with E-state index in [-0.39, 0.29) is 18.1 Å². The van der Waals surface area contributed by atoms with Gasteiger partial charge in [0.25, 0.3) is 0 Å². The number of rotatable bonds is 5. The summed E-state index contributed by atoms with van der Waals surface area (Å²) in [5.41, 5.74) is 1.38. The van der Waals surface area contributed by atoms with Crippen LogP contribution in [-0.2, 0) is 21.3 Å². The van der Waals surface area contributed by atoms with Crippen molar-refractivity contribution in [2.45, 2.75) is 6.42 Å². The smallest absolute Gasteiger partial charge is 0.306 e. The average molecular weight is 305 g/mol. The van der Waals surface area contributed by atoms with E-state index in [1.54, 1.807) is 12.1 Å². The number of carbonyl (C=O) groups excluding carboxylic acids is 1. The normalized spacial score (nSPS) is 10.9. The van der Waals surface area contributed by atoms with E-state index in [1.807, 2.05) is 30.3 Å². The Bertz CT molecular complexity index is 726.